The molecule has 0 aromatic heterocycles. The van der Waals surface area contributed by atoms with Crippen molar-refractivity contribution in [2.24, 2.45) is 34.6 Å². The van der Waals surface area contributed by atoms with E-state index in [1.54, 1.807) is 74.5 Å². The van der Waals surface area contributed by atoms with Gasteiger partial charge in [-0.1, -0.05) is 80.9 Å². The lowest BCUT2D eigenvalue weighted by molar-refractivity contribution is -0.192. The van der Waals surface area contributed by atoms with Gasteiger partial charge >= 0.3 is 18.1 Å². The molecule has 1 aliphatic rings. The van der Waals surface area contributed by atoms with Crippen LogP contribution in [0.3, 0.4) is 0 Å². The predicted molar refractivity (Wildman–Crippen MR) is 287 cm³/mol. The third-order valence-electron chi connectivity index (χ3n) is 12.8. The Labute approximate surface area is 479 Å². The summed E-state index contributed by atoms with van der Waals surface area (Å²) in [5.74, 6) is -15.8. The number of hydrogen-bond acceptors (Lipinski definition) is 15. The zero-order chi connectivity index (χ0) is 63.4. The minimum Gasteiger partial charge on any atom is -0.480 e. The Morgan fingerprint density at radius 1 is 0.595 bits per heavy atom. The van der Waals surface area contributed by atoms with Gasteiger partial charge in [-0.15, -0.1) is 0 Å². The maximum atomic E-state index is 14.0. The molecule has 12 amide bonds. The molecule has 0 bridgehead atoms. The lowest BCUT2D eigenvalue weighted by Crippen LogP contribution is -2.59. The molecule has 2 aromatic carbocycles. The van der Waals surface area contributed by atoms with Gasteiger partial charge in [-0.25, -0.2) is 9.59 Å². The SMILES string of the molecule is CC[C@H](C)[C@H](NC(=O)[C@H](Cc1ccccc1)NC(=O)[C@H](CCC(N)=O)NC(=O)CNC(=O)[C@H](CC(N)=O)NC(=O)[C@H](CCC(N)=O)NC(=O)[C@@H]1CCCN1C(=O)[C@H](CCC(N)=O)NC(=O)[C@@H](N)Cc1ccccc1)C(=O)O.O=C(O)C(F)(F)F. The van der Waals surface area contributed by atoms with E-state index in [0.29, 0.717) is 12.0 Å². The summed E-state index contributed by atoms with van der Waals surface area (Å²) < 4.78 is 31.7. The molecular weight excluding hydrogens is 1120 g/mol. The Morgan fingerprint density at radius 2 is 1.05 bits per heavy atom. The van der Waals surface area contributed by atoms with Gasteiger partial charge in [-0.05, 0) is 55.6 Å². The van der Waals surface area contributed by atoms with Gasteiger partial charge in [0.05, 0.1) is 19.0 Å². The zero-order valence-electron chi connectivity index (χ0n) is 45.9. The molecule has 0 saturated carbocycles. The number of primary amides is 4. The summed E-state index contributed by atoms with van der Waals surface area (Å²) in [7, 11) is 0. The topological polar surface area (TPSA) is 497 Å². The second kappa shape index (κ2) is 34.9. The van der Waals surface area contributed by atoms with Gasteiger partial charge in [0.1, 0.15) is 42.3 Å². The number of alkyl halides is 3. The summed E-state index contributed by atoms with van der Waals surface area (Å²) in [6, 6.07) is 5.77. The highest BCUT2D eigenvalue weighted by molar-refractivity contribution is 5.99. The highest BCUT2D eigenvalue weighted by Crippen LogP contribution is 2.21. The highest BCUT2D eigenvalue weighted by atomic mass is 19.4. The molecule has 0 spiro atoms. The van der Waals surface area contributed by atoms with Crippen molar-refractivity contribution < 1.29 is 90.5 Å². The quantitative estimate of drug-likeness (QED) is 0.0326. The van der Waals surface area contributed by atoms with Crippen molar-refractivity contribution in [2.75, 3.05) is 13.1 Å². The van der Waals surface area contributed by atoms with Crippen molar-refractivity contribution in [1.29, 1.82) is 0 Å². The number of carbonyl (C=O) groups excluding carboxylic acids is 12. The number of aliphatic carboxylic acids is 2. The van der Waals surface area contributed by atoms with Crippen LogP contribution in [0.2, 0.25) is 0 Å². The van der Waals surface area contributed by atoms with E-state index in [9.17, 15) is 80.6 Å². The normalized spacial score (nSPS) is 15.6. The fourth-order valence-electron chi connectivity index (χ4n) is 8.15. The third kappa shape index (κ3) is 25.7. The number of nitrogens with one attached hydrogen (secondary N) is 7. The molecule has 3 rings (SSSR count). The first-order chi connectivity index (χ1) is 39.3. The highest BCUT2D eigenvalue weighted by Gasteiger charge is 2.41. The first kappa shape index (κ1) is 70.9. The molecule has 0 unspecified atom stereocenters. The smallest absolute Gasteiger partial charge is 0.480 e. The van der Waals surface area contributed by atoms with E-state index in [-0.39, 0.29) is 45.1 Å². The van der Waals surface area contributed by atoms with Crippen LogP contribution in [0.4, 0.5) is 13.2 Å². The van der Waals surface area contributed by atoms with Crippen molar-refractivity contribution in [2.45, 2.75) is 145 Å². The van der Waals surface area contributed by atoms with Crippen LogP contribution < -0.4 is 65.9 Å². The number of amides is 12. The molecule has 84 heavy (non-hydrogen) atoms. The Hall–Kier alpha value is -9.23. The van der Waals surface area contributed by atoms with E-state index in [4.69, 9.17) is 38.6 Å². The van der Waals surface area contributed by atoms with Crippen LogP contribution in [0.25, 0.3) is 0 Å². The molecule has 1 saturated heterocycles. The van der Waals surface area contributed by atoms with Gasteiger partial charge in [0.2, 0.25) is 70.9 Å². The van der Waals surface area contributed by atoms with Crippen LogP contribution in [0.1, 0.15) is 89.2 Å². The molecule has 32 heteroatoms. The van der Waals surface area contributed by atoms with Crippen molar-refractivity contribution >= 4 is 82.8 Å². The predicted octanol–water partition coefficient (Wildman–Crippen LogP) is -3.75. The summed E-state index contributed by atoms with van der Waals surface area (Å²) >= 11 is 0. The molecule has 9 atom stereocenters. The molecule has 462 valence electrons. The van der Waals surface area contributed by atoms with Gasteiger partial charge < -0.3 is 81.0 Å². The number of carbonyl (C=O) groups is 14. The maximum Gasteiger partial charge on any atom is 0.490 e. The van der Waals surface area contributed by atoms with E-state index in [2.05, 4.69) is 37.2 Å². The minimum absolute atomic E-state index is 0.0124. The van der Waals surface area contributed by atoms with E-state index in [1.807, 2.05) is 0 Å². The average Bonchev–Trinajstić information content (AvgIpc) is 4.17. The first-order valence-electron chi connectivity index (χ1n) is 26.2. The van der Waals surface area contributed by atoms with E-state index in [1.165, 1.54) is 0 Å². The van der Waals surface area contributed by atoms with Gasteiger partial charge in [0.25, 0.3) is 0 Å². The number of benzene rings is 2. The second-order valence-electron chi connectivity index (χ2n) is 19.5. The van der Waals surface area contributed by atoms with Crippen LogP contribution in [0.5, 0.6) is 0 Å². The summed E-state index contributed by atoms with van der Waals surface area (Å²) in [6.07, 6.45) is -7.52. The standard InChI is InChI=1S/C50H71N13O14.C2HF3O2/c1-3-27(2)42(50(76)77)62-47(73)34(24-29-13-8-5-9-14-29)60-45(71)31(16-19-37(52)64)57-41(68)26-56-44(70)35(25-40(55)67)61-46(72)32(17-20-38(53)65)58-48(74)36-15-10-22-63(36)49(75)33(18-21-39(54)66)59-43(69)30(51)23-28-11-6-4-7-12-28;3-2(4,5)1(6)7/h4-9,11-14,27,30-36,42H,3,10,15-26,51H2,1-2H3,(H2,52,64)(H2,53,65)(H2,54,66)(H2,55,67)(H,56,70)(H,57,68)(H,58,74)(H,59,69)(H,60,71)(H,61,72)(H,62,73)(H,76,77);(H,6,7)/t27-,30-,31-,32-,33-,34-,35-,36-,42-;/m0./s1. The fraction of sp³-hybridized carbons (Fsp3) is 0.500. The molecular formula is C52H72F3N13O16. The number of rotatable bonds is 33. The molecule has 1 aliphatic heterocycles. The van der Waals surface area contributed by atoms with E-state index in [0.717, 1.165) is 10.5 Å². The number of nitrogens with zero attached hydrogens (tertiary/aromatic N) is 1. The molecule has 0 aliphatic carbocycles. The minimum atomic E-state index is -5.08. The maximum absolute atomic E-state index is 14.0. The Balaban J connectivity index is 0.00000322. The number of likely N-dealkylation sites (tertiary alicyclic amines) is 1. The number of halogens is 3. The van der Waals surface area contributed by atoms with Gasteiger partial charge in [-0.3, -0.25) is 57.5 Å². The molecule has 29 nitrogen and oxygen atoms in total. The van der Waals surface area contributed by atoms with Crippen LogP contribution in [-0.2, 0) is 80.0 Å². The lowest BCUT2D eigenvalue weighted by Gasteiger charge is -2.30. The Morgan fingerprint density at radius 3 is 1.51 bits per heavy atom. The van der Waals surface area contributed by atoms with Gasteiger partial charge in [0.15, 0.2) is 0 Å². The fourth-order valence-corrected chi connectivity index (χ4v) is 8.15. The van der Waals surface area contributed by atoms with E-state index >= 15 is 0 Å². The van der Waals surface area contributed by atoms with Crippen molar-refractivity contribution in [3.8, 4) is 0 Å². The number of carboxylic acids is 2. The summed E-state index contributed by atoms with van der Waals surface area (Å²) in [5.41, 5.74) is 28.9. The third-order valence-corrected chi connectivity index (χ3v) is 12.8. The average molecular weight is 1190 g/mol. The van der Waals surface area contributed by atoms with Gasteiger partial charge in [0, 0.05) is 32.2 Å². The summed E-state index contributed by atoms with van der Waals surface area (Å²) in [5, 5.41) is 33.8. The van der Waals surface area contributed by atoms with Crippen LogP contribution in [0.15, 0.2) is 60.7 Å². The Bertz CT molecular complexity index is 2670. The summed E-state index contributed by atoms with van der Waals surface area (Å²) in [4.78, 5) is 179. The zero-order valence-corrected chi connectivity index (χ0v) is 45.9. The first-order valence-corrected chi connectivity index (χ1v) is 26.2. The molecule has 1 heterocycles. The number of nitrogens with two attached hydrogens (primary N) is 5. The van der Waals surface area contributed by atoms with Gasteiger partial charge in [-0.2, -0.15) is 13.2 Å². The van der Waals surface area contributed by atoms with Crippen LogP contribution >= 0.6 is 0 Å². The summed E-state index contributed by atoms with van der Waals surface area (Å²) in [6.45, 7) is 2.45. The molecule has 19 N–H and O–H groups in total. The van der Waals surface area contributed by atoms with Crippen molar-refractivity contribution in [1.82, 2.24) is 42.1 Å². The van der Waals surface area contributed by atoms with Crippen molar-refractivity contribution in [3.05, 3.63) is 71.8 Å². The molecule has 1 fully saturated rings. The molecule has 2 aromatic rings. The monoisotopic (exact) mass is 1190 g/mol. The molecule has 0 radical (unpaired) electrons. The van der Waals surface area contributed by atoms with Crippen LogP contribution in [0, 0.1) is 5.92 Å². The lowest BCUT2D eigenvalue weighted by atomic mass is 9.98. The second-order valence-corrected chi connectivity index (χ2v) is 19.5. The van der Waals surface area contributed by atoms with Crippen molar-refractivity contribution in [3.63, 3.8) is 0 Å². The largest absolute Gasteiger partial charge is 0.490 e. The number of hydrogen-bond donors (Lipinski definition) is 14. The van der Waals surface area contributed by atoms with E-state index < -0.39 is 182 Å². The van der Waals surface area contributed by atoms with Crippen LogP contribution in [-0.4, -0.2) is 166 Å². The Kier molecular flexibility index (Phi) is 29.5. The number of carboxylic acid groups (broad SMARTS) is 2.